The van der Waals surface area contributed by atoms with E-state index < -0.39 is 0 Å². The van der Waals surface area contributed by atoms with E-state index in [1.807, 2.05) is 17.5 Å². The van der Waals surface area contributed by atoms with E-state index in [2.05, 4.69) is 0 Å². The molecule has 2 rings (SSSR count). The van der Waals surface area contributed by atoms with Crippen LogP contribution in [0, 0.1) is 0 Å². The number of ketones is 1. The number of hydrogen-bond acceptors (Lipinski definition) is 2. The lowest BCUT2D eigenvalue weighted by Gasteiger charge is -2.01. The van der Waals surface area contributed by atoms with Crippen LogP contribution in [0.1, 0.15) is 15.2 Å². The Bertz CT molecular complexity index is 506. The lowest BCUT2D eigenvalue weighted by atomic mass is 10.1. The SMILES string of the molecule is O=C(Cc1cccs1)c1ccc(Cl)c(Cl)c1. The second kappa shape index (κ2) is 5.00. The first-order valence-corrected chi connectivity index (χ1v) is 6.31. The molecule has 0 N–H and O–H groups in total. The van der Waals surface area contributed by atoms with E-state index in [9.17, 15) is 4.79 Å². The smallest absolute Gasteiger partial charge is 0.168 e. The van der Waals surface area contributed by atoms with E-state index in [4.69, 9.17) is 23.2 Å². The molecule has 0 radical (unpaired) electrons. The fourth-order valence-electron chi connectivity index (χ4n) is 1.34. The van der Waals surface area contributed by atoms with Gasteiger partial charge in [0, 0.05) is 16.9 Å². The highest BCUT2D eigenvalue weighted by Gasteiger charge is 2.09. The van der Waals surface area contributed by atoms with Gasteiger partial charge in [-0.1, -0.05) is 29.3 Å². The first-order valence-electron chi connectivity index (χ1n) is 4.67. The third kappa shape index (κ3) is 2.64. The Morgan fingerprint density at radius 1 is 1.19 bits per heavy atom. The first kappa shape index (κ1) is 11.6. The second-order valence-electron chi connectivity index (χ2n) is 3.31. The monoisotopic (exact) mass is 270 g/mol. The highest BCUT2D eigenvalue weighted by Crippen LogP contribution is 2.23. The quantitative estimate of drug-likeness (QED) is 0.752. The Balaban J connectivity index is 2.18. The summed E-state index contributed by atoms with van der Waals surface area (Å²) in [7, 11) is 0. The molecule has 1 aromatic heterocycles. The largest absolute Gasteiger partial charge is 0.294 e. The van der Waals surface area contributed by atoms with Gasteiger partial charge < -0.3 is 0 Å². The van der Waals surface area contributed by atoms with Crippen LogP contribution in [0.25, 0.3) is 0 Å². The fraction of sp³-hybridized carbons (Fsp3) is 0.0833. The maximum atomic E-state index is 11.9. The molecule has 1 nitrogen and oxygen atoms in total. The molecule has 0 aliphatic heterocycles. The van der Waals surface area contributed by atoms with Crippen molar-refractivity contribution in [3.05, 3.63) is 56.2 Å². The molecule has 0 aliphatic rings. The zero-order chi connectivity index (χ0) is 11.5. The number of halogens is 2. The van der Waals surface area contributed by atoms with Crippen molar-refractivity contribution in [2.24, 2.45) is 0 Å². The van der Waals surface area contributed by atoms with Crippen molar-refractivity contribution in [3.63, 3.8) is 0 Å². The van der Waals surface area contributed by atoms with Crippen LogP contribution >= 0.6 is 34.5 Å². The number of Topliss-reactive ketones (excluding diaryl/α,β-unsaturated/α-hetero) is 1. The summed E-state index contributed by atoms with van der Waals surface area (Å²) >= 11 is 13.2. The third-order valence-corrected chi connectivity index (χ3v) is 3.77. The zero-order valence-electron chi connectivity index (χ0n) is 8.24. The van der Waals surface area contributed by atoms with Crippen LogP contribution in [-0.4, -0.2) is 5.78 Å². The second-order valence-corrected chi connectivity index (χ2v) is 5.15. The molecule has 0 spiro atoms. The average Bonchev–Trinajstić information content (AvgIpc) is 2.74. The molecule has 2 aromatic rings. The molecule has 0 aliphatic carbocycles. The van der Waals surface area contributed by atoms with E-state index >= 15 is 0 Å². The first-order chi connectivity index (χ1) is 7.66. The molecule has 16 heavy (non-hydrogen) atoms. The molecule has 0 fully saturated rings. The Labute approximate surface area is 108 Å². The molecule has 82 valence electrons. The molecule has 0 atom stereocenters. The summed E-state index contributed by atoms with van der Waals surface area (Å²) in [4.78, 5) is 12.9. The Morgan fingerprint density at radius 3 is 2.62 bits per heavy atom. The van der Waals surface area contributed by atoms with Gasteiger partial charge in [-0.15, -0.1) is 11.3 Å². The van der Waals surface area contributed by atoms with Crippen LogP contribution in [0.2, 0.25) is 10.0 Å². The number of hydrogen-bond donors (Lipinski definition) is 0. The maximum absolute atomic E-state index is 11.9. The molecule has 1 heterocycles. The highest BCUT2D eigenvalue weighted by molar-refractivity contribution is 7.10. The standard InChI is InChI=1S/C12H8Cl2OS/c13-10-4-3-8(6-11(10)14)12(15)7-9-2-1-5-16-9/h1-6H,7H2. The minimum absolute atomic E-state index is 0.0565. The summed E-state index contributed by atoms with van der Waals surface area (Å²) in [5, 5.41) is 2.84. The van der Waals surface area contributed by atoms with E-state index in [1.54, 1.807) is 29.5 Å². The van der Waals surface area contributed by atoms with Gasteiger partial charge in [0.15, 0.2) is 5.78 Å². The molecule has 1 aromatic carbocycles. The Hall–Kier alpha value is -0.830. The summed E-state index contributed by atoms with van der Waals surface area (Å²) in [6.45, 7) is 0. The predicted molar refractivity (Wildman–Crippen MR) is 68.8 cm³/mol. The van der Waals surface area contributed by atoms with Crippen molar-refractivity contribution in [2.75, 3.05) is 0 Å². The lowest BCUT2D eigenvalue weighted by molar-refractivity contribution is 0.0994. The van der Waals surface area contributed by atoms with Gasteiger partial charge in [0.05, 0.1) is 10.0 Å². The van der Waals surface area contributed by atoms with Gasteiger partial charge in [0.25, 0.3) is 0 Å². The van der Waals surface area contributed by atoms with E-state index in [1.165, 1.54) is 0 Å². The van der Waals surface area contributed by atoms with E-state index in [0.29, 0.717) is 22.0 Å². The molecular formula is C12H8Cl2OS. The van der Waals surface area contributed by atoms with Crippen LogP contribution in [-0.2, 0) is 6.42 Å². The molecule has 4 heteroatoms. The van der Waals surface area contributed by atoms with Crippen molar-refractivity contribution in [2.45, 2.75) is 6.42 Å². The number of rotatable bonds is 3. The lowest BCUT2D eigenvalue weighted by Crippen LogP contribution is -2.01. The minimum atomic E-state index is 0.0565. The van der Waals surface area contributed by atoms with Crippen LogP contribution in [0.4, 0.5) is 0 Å². The number of thiophene rings is 1. The predicted octanol–water partition coefficient (Wildman–Crippen LogP) is 4.48. The Kier molecular flexibility index (Phi) is 3.64. The summed E-state index contributed by atoms with van der Waals surface area (Å²) in [6.07, 6.45) is 0.412. The summed E-state index contributed by atoms with van der Waals surface area (Å²) in [5.74, 6) is 0.0565. The van der Waals surface area contributed by atoms with Crippen molar-refractivity contribution in [3.8, 4) is 0 Å². The summed E-state index contributed by atoms with van der Waals surface area (Å²) in [5.41, 5.74) is 0.600. The molecule has 0 bridgehead atoms. The molecule has 0 saturated heterocycles. The van der Waals surface area contributed by atoms with Crippen molar-refractivity contribution >= 4 is 40.3 Å². The maximum Gasteiger partial charge on any atom is 0.168 e. The highest BCUT2D eigenvalue weighted by atomic mass is 35.5. The molecule has 0 saturated carbocycles. The van der Waals surface area contributed by atoms with Gasteiger partial charge in [0.2, 0.25) is 0 Å². The van der Waals surface area contributed by atoms with Crippen molar-refractivity contribution in [1.82, 2.24) is 0 Å². The van der Waals surface area contributed by atoms with Gasteiger partial charge in [-0.25, -0.2) is 0 Å². The van der Waals surface area contributed by atoms with Crippen LogP contribution in [0.5, 0.6) is 0 Å². The number of benzene rings is 1. The number of carbonyl (C=O) groups excluding carboxylic acids is 1. The van der Waals surface area contributed by atoms with Gasteiger partial charge in [-0.3, -0.25) is 4.79 Å². The van der Waals surface area contributed by atoms with Crippen molar-refractivity contribution < 1.29 is 4.79 Å². The molecule has 0 amide bonds. The van der Waals surface area contributed by atoms with Crippen LogP contribution in [0.3, 0.4) is 0 Å². The average molecular weight is 271 g/mol. The topological polar surface area (TPSA) is 17.1 Å². The molecule has 0 unspecified atom stereocenters. The van der Waals surface area contributed by atoms with Gasteiger partial charge in [0.1, 0.15) is 0 Å². The normalized spacial score (nSPS) is 10.4. The zero-order valence-corrected chi connectivity index (χ0v) is 10.6. The fourth-order valence-corrected chi connectivity index (χ4v) is 2.34. The van der Waals surface area contributed by atoms with E-state index in [-0.39, 0.29) is 5.78 Å². The van der Waals surface area contributed by atoms with Crippen LogP contribution in [0.15, 0.2) is 35.7 Å². The Morgan fingerprint density at radius 2 is 2.00 bits per heavy atom. The number of carbonyl (C=O) groups is 1. The van der Waals surface area contributed by atoms with Crippen molar-refractivity contribution in [1.29, 1.82) is 0 Å². The molecular weight excluding hydrogens is 263 g/mol. The summed E-state index contributed by atoms with van der Waals surface area (Å²) < 4.78 is 0. The summed E-state index contributed by atoms with van der Waals surface area (Å²) in [6, 6.07) is 8.83. The van der Waals surface area contributed by atoms with Gasteiger partial charge >= 0.3 is 0 Å². The third-order valence-electron chi connectivity index (χ3n) is 2.16. The van der Waals surface area contributed by atoms with Gasteiger partial charge in [-0.2, -0.15) is 0 Å². The van der Waals surface area contributed by atoms with E-state index in [0.717, 1.165) is 4.88 Å². The van der Waals surface area contributed by atoms with Crippen LogP contribution < -0.4 is 0 Å². The van der Waals surface area contributed by atoms with Gasteiger partial charge in [-0.05, 0) is 29.6 Å². The minimum Gasteiger partial charge on any atom is -0.294 e.